The number of benzene rings is 2. The SMILES string of the molecule is COc1ccc(-c2c(C#N)nnn2-c2cccc(F)c2)cc1. The number of nitriles is 1. The van der Waals surface area contributed by atoms with Crippen LogP contribution in [0.5, 0.6) is 5.75 Å². The van der Waals surface area contributed by atoms with Crippen molar-refractivity contribution in [2.24, 2.45) is 0 Å². The van der Waals surface area contributed by atoms with E-state index in [0.29, 0.717) is 17.1 Å². The van der Waals surface area contributed by atoms with Gasteiger partial charge in [-0.25, -0.2) is 9.07 Å². The van der Waals surface area contributed by atoms with Gasteiger partial charge in [0, 0.05) is 5.56 Å². The summed E-state index contributed by atoms with van der Waals surface area (Å²) in [7, 11) is 1.58. The first-order chi connectivity index (χ1) is 10.7. The second-order valence-corrected chi connectivity index (χ2v) is 4.52. The zero-order valence-corrected chi connectivity index (χ0v) is 11.7. The molecule has 1 aromatic heterocycles. The van der Waals surface area contributed by atoms with Crippen LogP contribution in [-0.2, 0) is 0 Å². The minimum atomic E-state index is -0.382. The molecular formula is C16H11FN4O. The van der Waals surface area contributed by atoms with Gasteiger partial charge in [-0.3, -0.25) is 0 Å². The zero-order chi connectivity index (χ0) is 15.5. The van der Waals surface area contributed by atoms with Gasteiger partial charge in [-0.1, -0.05) is 11.3 Å². The highest BCUT2D eigenvalue weighted by Crippen LogP contribution is 2.26. The first-order valence-corrected chi connectivity index (χ1v) is 6.49. The first-order valence-electron chi connectivity index (χ1n) is 6.49. The summed E-state index contributed by atoms with van der Waals surface area (Å²) in [6.07, 6.45) is 0. The number of aromatic nitrogens is 3. The van der Waals surface area contributed by atoms with E-state index in [-0.39, 0.29) is 11.5 Å². The Morgan fingerprint density at radius 3 is 2.59 bits per heavy atom. The van der Waals surface area contributed by atoms with Crippen molar-refractivity contribution >= 4 is 0 Å². The predicted molar refractivity (Wildman–Crippen MR) is 78.0 cm³/mol. The summed E-state index contributed by atoms with van der Waals surface area (Å²) in [4.78, 5) is 0. The minimum absolute atomic E-state index is 0.175. The van der Waals surface area contributed by atoms with Gasteiger partial charge in [-0.05, 0) is 42.5 Å². The van der Waals surface area contributed by atoms with Gasteiger partial charge in [0.2, 0.25) is 0 Å². The van der Waals surface area contributed by atoms with E-state index in [1.54, 1.807) is 43.5 Å². The molecule has 3 aromatic rings. The molecule has 22 heavy (non-hydrogen) atoms. The summed E-state index contributed by atoms with van der Waals surface area (Å²) in [5, 5.41) is 17.1. The van der Waals surface area contributed by atoms with Crippen LogP contribution >= 0.6 is 0 Å². The standard InChI is InChI=1S/C16H11FN4O/c1-22-14-7-5-11(6-8-14)16-15(10-18)19-20-21(16)13-4-2-3-12(17)9-13/h2-9H,1H3. The maximum atomic E-state index is 13.4. The van der Waals surface area contributed by atoms with Crippen molar-refractivity contribution in [1.82, 2.24) is 15.0 Å². The summed E-state index contributed by atoms with van der Waals surface area (Å²) in [5.41, 5.74) is 1.93. The van der Waals surface area contributed by atoms with Crippen LogP contribution in [0.1, 0.15) is 5.69 Å². The van der Waals surface area contributed by atoms with Crippen molar-refractivity contribution in [2.45, 2.75) is 0 Å². The fourth-order valence-electron chi connectivity index (χ4n) is 2.15. The molecule has 0 aliphatic heterocycles. The third kappa shape index (κ3) is 2.40. The Balaban J connectivity index is 2.17. The van der Waals surface area contributed by atoms with Crippen LogP contribution in [0, 0.1) is 17.1 Å². The molecule has 5 nitrogen and oxygen atoms in total. The van der Waals surface area contributed by atoms with Crippen LogP contribution in [0.15, 0.2) is 48.5 Å². The molecule has 0 aliphatic rings. The van der Waals surface area contributed by atoms with E-state index < -0.39 is 0 Å². The average molecular weight is 294 g/mol. The lowest BCUT2D eigenvalue weighted by Gasteiger charge is -2.07. The lowest BCUT2D eigenvalue weighted by molar-refractivity contribution is 0.415. The molecule has 0 radical (unpaired) electrons. The van der Waals surface area contributed by atoms with E-state index in [4.69, 9.17) is 4.74 Å². The maximum Gasteiger partial charge on any atom is 0.191 e. The largest absolute Gasteiger partial charge is 0.497 e. The fourth-order valence-corrected chi connectivity index (χ4v) is 2.15. The Morgan fingerprint density at radius 1 is 1.18 bits per heavy atom. The van der Waals surface area contributed by atoms with Crippen molar-refractivity contribution in [3.8, 4) is 28.8 Å². The monoisotopic (exact) mass is 294 g/mol. The fraction of sp³-hybridized carbons (Fsp3) is 0.0625. The van der Waals surface area contributed by atoms with E-state index >= 15 is 0 Å². The number of nitrogens with zero attached hydrogens (tertiary/aromatic N) is 4. The summed E-state index contributed by atoms with van der Waals surface area (Å²) < 4.78 is 20.0. The second kappa shape index (κ2) is 5.66. The Morgan fingerprint density at radius 2 is 1.95 bits per heavy atom. The van der Waals surface area contributed by atoms with E-state index in [0.717, 1.165) is 5.56 Å². The van der Waals surface area contributed by atoms with Gasteiger partial charge >= 0.3 is 0 Å². The Bertz CT molecular complexity index is 849. The quantitative estimate of drug-likeness (QED) is 0.745. The number of hydrogen-bond donors (Lipinski definition) is 0. The lowest BCUT2D eigenvalue weighted by atomic mass is 10.1. The third-order valence-electron chi connectivity index (χ3n) is 3.19. The van der Waals surface area contributed by atoms with Crippen molar-refractivity contribution in [3.63, 3.8) is 0 Å². The Hall–Kier alpha value is -3.20. The predicted octanol–water partition coefficient (Wildman–Crippen LogP) is 2.95. The minimum Gasteiger partial charge on any atom is -0.497 e. The molecule has 2 aromatic carbocycles. The Kier molecular flexibility index (Phi) is 3.54. The van der Waals surface area contributed by atoms with E-state index in [1.807, 2.05) is 6.07 Å². The topological polar surface area (TPSA) is 63.7 Å². The van der Waals surface area contributed by atoms with Crippen LogP contribution in [-0.4, -0.2) is 22.1 Å². The molecule has 0 unspecified atom stereocenters. The lowest BCUT2D eigenvalue weighted by Crippen LogP contribution is -2.00. The van der Waals surface area contributed by atoms with Gasteiger partial charge in [0.15, 0.2) is 5.69 Å². The molecule has 3 rings (SSSR count). The van der Waals surface area contributed by atoms with E-state index in [1.165, 1.54) is 16.8 Å². The summed E-state index contributed by atoms with van der Waals surface area (Å²) in [5.74, 6) is 0.319. The third-order valence-corrected chi connectivity index (χ3v) is 3.19. The van der Waals surface area contributed by atoms with Crippen molar-refractivity contribution in [2.75, 3.05) is 7.11 Å². The van der Waals surface area contributed by atoms with Crippen LogP contribution in [0.4, 0.5) is 4.39 Å². The number of rotatable bonds is 3. The molecule has 0 amide bonds. The van der Waals surface area contributed by atoms with Crippen molar-refractivity contribution in [3.05, 3.63) is 60.0 Å². The highest BCUT2D eigenvalue weighted by atomic mass is 19.1. The van der Waals surface area contributed by atoms with Gasteiger partial charge in [0.05, 0.1) is 12.8 Å². The summed E-state index contributed by atoms with van der Waals surface area (Å²) in [6, 6.07) is 15.1. The summed E-state index contributed by atoms with van der Waals surface area (Å²) >= 11 is 0. The van der Waals surface area contributed by atoms with Crippen molar-refractivity contribution in [1.29, 1.82) is 5.26 Å². The second-order valence-electron chi connectivity index (χ2n) is 4.52. The smallest absolute Gasteiger partial charge is 0.191 e. The first kappa shape index (κ1) is 13.8. The number of hydrogen-bond acceptors (Lipinski definition) is 4. The normalized spacial score (nSPS) is 10.2. The molecule has 0 spiro atoms. The summed E-state index contributed by atoms with van der Waals surface area (Å²) in [6.45, 7) is 0. The van der Waals surface area contributed by atoms with Gasteiger partial charge in [-0.2, -0.15) is 5.26 Å². The highest BCUT2D eigenvalue weighted by molar-refractivity contribution is 5.67. The molecule has 1 heterocycles. The Labute approximate surface area is 126 Å². The molecule has 0 saturated carbocycles. The average Bonchev–Trinajstić information content (AvgIpc) is 2.99. The number of ether oxygens (including phenoxy) is 1. The van der Waals surface area contributed by atoms with Crippen LogP contribution in [0.2, 0.25) is 0 Å². The molecular weight excluding hydrogens is 283 g/mol. The molecule has 0 atom stereocenters. The molecule has 6 heteroatoms. The van der Waals surface area contributed by atoms with Gasteiger partial charge < -0.3 is 4.74 Å². The number of halogens is 1. The van der Waals surface area contributed by atoms with Crippen LogP contribution in [0.25, 0.3) is 16.9 Å². The highest BCUT2D eigenvalue weighted by Gasteiger charge is 2.16. The molecule has 0 fully saturated rings. The molecule has 0 aliphatic carbocycles. The van der Waals surface area contributed by atoms with Gasteiger partial charge in [0.1, 0.15) is 23.3 Å². The van der Waals surface area contributed by atoms with E-state index in [9.17, 15) is 9.65 Å². The van der Waals surface area contributed by atoms with Gasteiger partial charge in [-0.15, -0.1) is 5.10 Å². The molecule has 0 bridgehead atoms. The molecule has 108 valence electrons. The van der Waals surface area contributed by atoms with Crippen LogP contribution in [0.3, 0.4) is 0 Å². The zero-order valence-electron chi connectivity index (χ0n) is 11.7. The molecule has 0 N–H and O–H groups in total. The maximum absolute atomic E-state index is 13.4. The molecule has 0 saturated heterocycles. The van der Waals surface area contributed by atoms with E-state index in [2.05, 4.69) is 10.3 Å². The van der Waals surface area contributed by atoms with Gasteiger partial charge in [0.25, 0.3) is 0 Å². The number of methoxy groups -OCH3 is 1. The van der Waals surface area contributed by atoms with Crippen molar-refractivity contribution < 1.29 is 9.13 Å². The van der Waals surface area contributed by atoms with Crippen LogP contribution < -0.4 is 4.74 Å².